The van der Waals surface area contributed by atoms with Crippen LogP contribution in [0.2, 0.25) is 0 Å². The van der Waals surface area contributed by atoms with Crippen LogP contribution in [0.5, 0.6) is 5.75 Å². The van der Waals surface area contributed by atoms with Crippen LogP contribution in [0.15, 0.2) is 36.5 Å². The Morgan fingerprint density at radius 2 is 2.00 bits per heavy atom. The zero-order chi connectivity index (χ0) is 15.4. The second kappa shape index (κ2) is 6.13. The molecule has 0 saturated heterocycles. The van der Waals surface area contributed by atoms with Crippen molar-refractivity contribution in [1.82, 2.24) is 4.98 Å². The fourth-order valence-corrected chi connectivity index (χ4v) is 1.96. The standard InChI is InChI=1S/C15H18N4O2/c1-9(10-3-5-12(21-2)6-4-10)19-15-13(14(17)20)7-11(16)8-18-15/h3-9H,16H2,1-2H3,(H2,17,20)(H,18,19). The summed E-state index contributed by atoms with van der Waals surface area (Å²) in [6, 6.07) is 9.09. The molecule has 0 aliphatic carbocycles. The van der Waals surface area contributed by atoms with Crippen LogP contribution in [-0.2, 0) is 0 Å². The fraction of sp³-hybridized carbons (Fsp3) is 0.200. The normalized spacial score (nSPS) is 11.7. The van der Waals surface area contributed by atoms with Gasteiger partial charge >= 0.3 is 0 Å². The van der Waals surface area contributed by atoms with Gasteiger partial charge in [-0.2, -0.15) is 0 Å². The summed E-state index contributed by atoms with van der Waals surface area (Å²) in [5.41, 5.74) is 12.7. The highest BCUT2D eigenvalue weighted by molar-refractivity contribution is 5.98. The van der Waals surface area contributed by atoms with Gasteiger partial charge in [-0.1, -0.05) is 12.1 Å². The lowest BCUT2D eigenvalue weighted by atomic mass is 10.1. The number of aromatic nitrogens is 1. The summed E-state index contributed by atoms with van der Waals surface area (Å²) in [6.07, 6.45) is 1.48. The largest absolute Gasteiger partial charge is 0.497 e. The van der Waals surface area contributed by atoms with Gasteiger partial charge in [-0.05, 0) is 30.7 Å². The summed E-state index contributed by atoms with van der Waals surface area (Å²) >= 11 is 0. The van der Waals surface area contributed by atoms with Crippen molar-refractivity contribution in [3.8, 4) is 5.75 Å². The van der Waals surface area contributed by atoms with Gasteiger partial charge in [0.1, 0.15) is 11.6 Å². The average molecular weight is 286 g/mol. The molecule has 2 rings (SSSR count). The first kappa shape index (κ1) is 14.6. The predicted molar refractivity (Wildman–Crippen MR) is 82.2 cm³/mol. The number of rotatable bonds is 5. The van der Waals surface area contributed by atoms with Crippen LogP contribution in [0.4, 0.5) is 11.5 Å². The molecule has 1 aromatic carbocycles. The van der Waals surface area contributed by atoms with Crippen LogP contribution >= 0.6 is 0 Å². The van der Waals surface area contributed by atoms with E-state index in [4.69, 9.17) is 16.2 Å². The quantitative estimate of drug-likeness (QED) is 0.779. The van der Waals surface area contributed by atoms with E-state index in [1.54, 1.807) is 7.11 Å². The molecule has 1 unspecified atom stereocenters. The first-order valence-corrected chi connectivity index (χ1v) is 6.47. The van der Waals surface area contributed by atoms with Gasteiger partial charge in [0.15, 0.2) is 0 Å². The molecule has 6 heteroatoms. The van der Waals surface area contributed by atoms with Crippen molar-refractivity contribution in [3.63, 3.8) is 0 Å². The number of hydrogen-bond donors (Lipinski definition) is 3. The molecule has 0 radical (unpaired) electrons. The van der Waals surface area contributed by atoms with Gasteiger partial charge in [-0.3, -0.25) is 4.79 Å². The Labute approximate surface area is 123 Å². The first-order valence-electron chi connectivity index (χ1n) is 6.47. The summed E-state index contributed by atoms with van der Waals surface area (Å²) in [4.78, 5) is 15.6. The smallest absolute Gasteiger partial charge is 0.252 e. The number of carbonyl (C=O) groups excluding carboxylic acids is 1. The molecule has 0 aliphatic rings. The highest BCUT2D eigenvalue weighted by atomic mass is 16.5. The highest BCUT2D eigenvalue weighted by Gasteiger charge is 2.13. The maximum Gasteiger partial charge on any atom is 0.252 e. The molecule has 5 N–H and O–H groups in total. The summed E-state index contributed by atoms with van der Waals surface area (Å²) in [5.74, 6) is 0.633. The van der Waals surface area contributed by atoms with E-state index in [2.05, 4.69) is 10.3 Å². The van der Waals surface area contributed by atoms with Crippen molar-refractivity contribution in [2.75, 3.05) is 18.2 Å². The highest BCUT2D eigenvalue weighted by Crippen LogP contribution is 2.23. The lowest BCUT2D eigenvalue weighted by Gasteiger charge is -2.17. The average Bonchev–Trinajstić information content (AvgIpc) is 2.49. The lowest BCUT2D eigenvalue weighted by molar-refractivity contribution is 0.100. The van der Waals surface area contributed by atoms with Crippen molar-refractivity contribution >= 4 is 17.4 Å². The van der Waals surface area contributed by atoms with Crippen LogP contribution < -0.4 is 21.5 Å². The van der Waals surface area contributed by atoms with E-state index in [9.17, 15) is 4.79 Å². The number of primary amides is 1. The number of nitrogens with one attached hydrogen (secondary N) is 1. The number of carbonyl (C=O) groups is 1. The maximum atomic E-state index is 11.4. The third kappa shape index (κ3) is 3.42. The van der Waals surface area contributed by atoms with Crippen LogP contribution in [0.3, 0.4) is 0 Å². The molecule has 1 aromatic heterocycles. The van der Waals surface area contributed by atoms with Crippen molar-refractivity contribution in [2.24, 2.45) is 5.73 Å². The van der Waals surface area contributed by atoms with Gasteiger partial charge in [0, 0.05) is 6.04 Å². The van der Waals surface area contributed by atoms with Crippen molar-refractivity contribution in [2.45, 2.75) is 13.0 Å². The molecule has 21 heavy (non-hydrogen) atoms. The molecule has 0 bridgehead atoms. The number of hydrogen-bond acceptors (Lipinski definition) is 5. The fourth-order valence-electron chi connectivity index (χ4n) is 1.96. The van der Waals surface area contributed by atoms with Crippen LogP contribution in [0, 0.1) is 0 Å². The van der Waals surface area contributed by atoms with E-state index in [-0.39, 0.29) is 11.6 Å². The topological polar surface area (TPSA) is 103 Å². The Hall–Kier alpha value is -2.76. The first-order chi connectivity index (χ1) is 10.0. The molecule has 1 heterocycles. The molecule has 0 fully saturated rings. The van der Waals surface area contributed by atoms with Gasteiger partial charge in [-0.25, -0.2) is 4.98 Å². The van der Waals surface area contributed by atoms with Gasteiger partial charge in [0.25, 0.3) is 5.91 Å². The number of methoxy groups -OCH3 is 1. The Kier molecular flexibility index (Phi) is 4.27. The second-order valence-electron chi connectivity index (χ2n) is 4.67. The molecule has 2 aromatic rings. The molecular weight excluding hydrogens is 268 g/mol. The molecule has 0 spiro atoms. The molecule has 110 valence electrons. The number of nitrogen functional groups attached to an aromatic ring is 1. The molecule has 6 nitrogen and oxygen atoms in total. The van der Waals surface area contributed by atoms with Crippen molar-refractivity contribution in [3.05, 3.63) is 47.7 Å². The number of benzene rings is 1. The van der Waals surface area contributed by atoms with Gasteiger partial charge in [0.2, 0.25) is 0 Å². The van der Waals surface area contributed by atoms with Crippen molar-refractivity contribution < 1.29 is 9.53 Å². The lowest BCUT2D eigenvalue weighted by Crippen LogP contribution is -2.17. The molecular formula is C15H18N4O2. The van der Waals surface area contributed by atoms with E-state index < -0.39 is 5.91 Å². The Morgan fingerprint density at radius 3 is 2.57 bits per heavy atom. The SMILES string of the molecule is COc1ccc(C(C)Nc2ncc(N)cc2C(N)=O)cc1. The summed E-state index contributed by atoms with van der Waals surface area (Å²) in [7, 11) is 1.62. The minimum atomic E-state index is -0.570. The zero-order valence-corrected chi connectivity index (χ0v) is 12.0. The van der Waals surface area contributed by atoms with E-state index in [0.717, 1.165) is 11.3 Å². The number of anilines is 2. The number of amides is 1. The number of pyridine rings is 1. The number of nitrogens with zero attached hydrogens (tertiary/aromatic N) is 1. The van der Waals surface area contributed by atoms with Gasteiger partial charge in [0.05, 0.1) is 24.6 Å². The second-order valence-corrected chi connectivity index (χ2v) is 4.67. The third-order valence-electron chi connectivity index (χ3n) is 3.14. The third-order valence-corrected chi connectivity index (χ3v) is 3.14. The van der Waals surface area contributed by atoms with E-state index in [1.807, 2.05) is 31.2 Å². The van der Waals surface area contributed by atoms with E-state index in [0.29, 0.717) is 11.5 Å². The zero-order valence-electron chi connectivity index (χ0n) is 12.0. The van der Waals surface area contributed by atoms with Crippen molar-refractivity contribution in [1.29, 1.82) is 0 Å². The Balaban J connectivity index is 2.22. The summed E-state index contributed by atoms with van der Waals surface area (Å²) in [5, 5.41) is 3.16. The van der Waals surface area contributed by atoms with Crippen LogP contribution in [-0.4, -0.2) is 18.0 Å². The Bertz CT molecular complexity index is 641. The van der Waals surface area contributed by atoms with Gasteiger partial charge in [-0.15, -0.1) is 0 Å². The van der Waals surface area contributed by atoms with Gasteiger partial charge < -0.3 is 21.5 Å². The molecule has 0 saturated carbocycles. The molecule has 1 amide bonds. The Morgan fingerprint density at radius 1 is 1.33 bits per heavy atom. The van der Waals surface area contributed by atoms with Crippen LogP contribution in [0.1, 0.15) is 28.9 Å². The summed E-state index contributed by atoms with van der Waals surface area (Å²) in [6.45, 7) is 1.96. The summed E-state index contributed by atoms with van der Waals surface area (Å²) < 4.78 is 5.12. The minimum Gasteiger partial charge on any atom is -0.497 e. The molecule has 0 aliphatic heterocycles. The van der Waals surface area contributed by atoms with E-state index in [1.165, 1.54) is 12.3 Å². The van der Waals surface area contributed by atoms with Crippen LogP contribution in [0.25, 0.3) is 0 Å². The molecule has 1 atom stereocenters. The minimum absolute atomic E-state index is 0.0508. The maximum absolute atomic E-state index is 11.4. The predicted octanol–water partition coefficient (Wildman–Crippen LogP) is 1.94. The monoisotopic (exact) mass is 286 g/mol. The van der Waals surface area contributed by atoms with E-state index >= 15 is 0 Å². The number of ether oxygens (including phenoxy) is 1. The number of nitrogens with two attached hydrogens (primary N) is 2.